The zero-order chi connectivity index (χ0) is 20.5. The molecular formula is C18H15F2N3O3S2. The highest BCUT2D eigenvalue weighted by molar-refractivity contribution is 7.89. The first-order valence-electron chi connectivity index (χ1n) is 7.93. The number of carbonyl (C=O) groups excluding carboxylic acids is 1. The fourth-order valence-electron chi connectivity index (χ4n) is 2.28. The van der Waals surface area contributed by atoms with Crippen LogP contribution in [-0.2, 0) is 10.0 Å². The molecule has 3 rings (SSSR count). The molecule has 1 amide bonds. The van der Waals surface area contributed by atoms with Gasteiger partial charge in [0, 0.05) is 30.6 Å². The number of aromatic nitrogens is 1. The molecule has 0 unspecified atom stereocenters. The van der Waals surface area contributed by atoms with Gasteiger partial charge in [-0.1, -0.05) is 12.1 Å². The number of carbonyl (C=O) groups is 1. The molecule has 0 radical (unpaired) electrons. The first-order chi connectivity index (χ1) is 13.2. The summed E-state index contributed by atoms with van der Waals surface area (Å²) in [5.41, 5.74) is 1.18. The lowest BCUT2D eigenvalue weighted by molar-refractivity contribution is 0.102. The van der Waals surface area contributed by atoms with Crippen LogP contribution in [0.3, 0.4) is 0 Å². The van der Waals surface area contributed by atoms with Crippen molar-refractivity contribution in [1.29, 1.82) is 0 Å². The van der Waals surface area contributed by atoms with Crippen molar-refractivity contribution in [2.75, 3.05) is 19.4 Å². The van der Waals surface area contributed by atoms with Gasteiger partial charge in [-0.2, -0.15) is 0 Å². The predicted octanol–water partition coefficient (Wildman–Crippen LogP) is 3.59. The summed E-state index contributed by atoms with van der Waals surface area (Å²) in [4.78, 5) is 16.6. The number of thiazole rings is 1. The van der Waals surface area contributed by atoms with E-state index in [4.69, 9.17) is 0 Å². The molecule has 146 valence electrons. The van der Waals surface area contributed by atoms with Gasteiger partial charge in [-0.3, -0.25) is 10.1 Å². The van der Waals surface area contributed by atoms with Crippen molar-refractivity contribution in [1.82, 2.24) is 9.29 Å². The maximum absolute atomic E-state index is 13.3. The number of nitrogens with one attached hydrogen (secondary N) is 1. The highest BCUT2D eigenvalue weighted by atomic mass is 32.2. The van der Waals surface area contributed by atoms with E-state index >= 15 is 0 Å². The van der Waals surface area contributed by atoms with Crippen LogP contribution >= 0.6 is 11.3 Å². The number of benzene rings is 2. The Labute approximate surface area is 164 Å². The number of anilines is 1. The third-order valence-electron chi connectivity index (χ3n) is 3.84. The van der Waals surface area contributed by atoms with E-state index in [0.717, 1.165) is 27.8 Å². The summed E-state index contributed by atoms with van der Waals surface area (Å²) in [6.07, 6.45) is 0. The number of halogens is 2. The van der Waals surface area contributed by atoms with Crippen LogP contribution in [0.2, 0.25) is 0 Å². The Balaban J connectivity index is 1.77. The fourth-order valence-corrected chi connectivity index (χ4v) is 3.90. The SMILES string of the molecule is CN(C)S(=O)(=O)c1ccc(-c2csc(NC(=O)c3ccc(F)c(F)c3)n2)cc1. The Bertz CT molecular complexity index is 1130. The second kappa shape index (κ2) is 7.74. The summed E-state index contributed by atoms with van der Waals surface area (Å²) in [6.45, 7) is 0. The van der Waals surface area contributed by atoms with Gasteiger partial charge in [0.25, 0.3) is 5.91 Å². The minimum atomic E-state index is -3.52. The molecule has 0 atom stereocenters. The van der Waals surface area contributed by atoms with E-state index in [1.165, 1.54) is 32.3 Å². The number of sulfonamides is 1. The molecule has 1 heterocycles. The van der Waals surface area contributed by atoms with Gasteiger partial charge >= 0.3 is 0 Å². The van der Waals surface area contributed by atoms with E-state index in [1.54, 1.807) is 17.5 Å². The molecular weight excluding hydrogens is 408 g/mol. The Morgan fingerprint density at radius 3 is 2.36 bits per heavy atom. The molecule has 0 fully saturated rings. The minimum absolute atomic E-state index is 0.0334. The normalized spacial score (nSPS) is 11.6. The summed E-state index contributed by atoms with van der Waals surface area (Å²) in [6, 6.07) is 9.04. The van der Waals surface area contributed by atoms with Gasteiger partial charge in [-0.25, -0.2) is 26.5 Å². The van der Waals surface area contributed by atoms with E-state index in [1.807, 2.05) is 0 Å². The summed E-state index contributed by atoms with van der Waals surface area (Å²) < 4.78 is 51.5. The smallest absolute Gasteiger partial charge is 0.257 e. The molecule has 1 N–H and O–H groups in total. The van der Waals surface area contributed by atoms with Crippen molar-refractivity contribution in [3.05, 3.63) is 65.0 Å². The highest BCUT2D eigenvalue weighted by Crippen LogP contribution is 2.26. The van der Waals surface area contributed by atoms with Crippen LogP contribution in [0, 0.1) is 11.6 Å². The quantitative estimate of drug-likeness (QED) is 0.680. The standard InChI is InChI=1S/C18H15F2N3O3S2/c1-23(2)28(25,26)13-6-3-11(4-7-13)16-10-27-18(21-16)22-17(24)12-5-8-14(19)15(20)9-12/h3-10H,1-2H3,(H,21,22,24). The number of nitrogens with zero attached hydrogens (tertiary/aromatic N) is 2. The van der Waals surface area contributed by atoms with Crippen LogP contribution in [0.4, 0.5) is 13.9 Å². The molecule has 28 heavy (non-hydrogen) atoms. The molecule has 0 saturated heterocycles. The number of hydrogen-bond acceptors (Lipinski definition) is 5. The van der Waals surface area contributed by atoms with Crippen LogP contribution < -0.4 is 5.32 Å². The molecule has 0 aliphatic rings. The van der Waals surface area contributed by atoms with Gasteiger partial charge in [-0.15, -0.1) is 11.3 Å². The fraction of sp³-hybridized carbons (Fsp3) is 0.111. The molecule has 10 heteroatoms. The van der Waals surface area contributed by atoms with Crippen molar-refractivity contribution in [3.8, 4) is 11.3 Å². The van der Waals surface area contributed by atoms with E-state index in [0.29, 0.717) is 11.3 Å². The average Bonchev–Trinajstić information content (AvgIpc) is 3.12. The lowest BCUT2D eigenvalue weighted by atomic mass is 10.2. The van der Waals surface area contributed by atoms with E-state index in [-0.39, 0.29) is 15.6 Å². The monoisotopic (exact) mass is 423 g/mol. The van der Waals surface area contributed by atoms with Crippen LogP contribution in [0.25, 0.3) is 11.3 Å². The van der Waals surface area contributed by atoms with Gasteiger partial charge < -0.3 is 0 Å². The lowest BCUT2D eigenvalue weighted by Gasteiger charge is -2.11. The second-order valence-electron chi connectivity index (χ2n) is 5.93. The van der Waals surface area contributed by atoms with Crippen LogP contribution in [0.1, 0.15) is 10.4 Å². The molecule has 0 aliphatic heterocycles. The Morgan fingerprint density at radius 1 is 1.07 bits per heavy atom. The Morgan fingerprint density at radius 2 is 1.75 bits per heavy atom. The van der Waals surface area contributed by atoms with Crippen LogP contribution in [0.15, 0.2) is 52.7 Å². The number of rotatable bonds is 5. The topological polar surface area (TPSA) is 79.4 Å². The van der Waals surface area contributed by atoms with Gasteiger partial charge in [0.1, 0.15) is 0 Å². The van der Waals surface area contributed by atoms with Gasteiger partial charge in [-0.05, 0) is 30.3 Å². The third kappa shape index (κ3) is 4.08. The van der Waals surface area contributed by atoms with Crippen molar-refractivity contribution in [3.63, 3.8) is 0 Å². The molecule has 0 aliphatic carbocycles. The number of amides is 1. The van der Waals surface area contributed by atoms with Crippen molar-refractivity contribution < 1.29 is 22.0 Å². The van der Waals surface area contributed by atoms with Gasteiger partial charge in [0.15, 0.2) is 16.8 Å². The molecule has 3 aromatic rings. The molecule has 1 aromatic heterocycles. The minimum Gasteiger partial charge on any atom is -0.298 e. The number of hydrogen-bond donors (Lipinski definition) is 1. The van der Waals surface area contributed by atoms with Gasteiger partial charge in [0.05, 0.1) is 10.6 Å². The van der Waals surface area contributed by atoms with E-state index < -0.39 is 27.6 Å². The van der Waals surface area contributed by atoms with Crippen molar-refractivity contribution in [2.45, 2.75) is 4.90 Å². The molecule has 0 bridgehead atoms. The maximum atomic E-state index is 13.3. The van der Waals surface area contributed by atoms with E-state index in [9.17, 15) is 22.0 Å². The zero-order valence-electron chi connectivity index (χ0n) is 14.8. The Hall–Kier alpha value is -2.69. The molecule has 0 saturated carbocycles. The largest absolute Gasteiger partial charge is 0.298 e. The van der Waals surface area contributed by atoms with Crippen LogP contribution in [0.5, 0.6) is 0 Å². The summed E-state index contributed by atoms with van der Waals surface area (Å²) in [7, 11) is -0.623. The molecule has 0 spiro atoms. The Kier molecular flexibility index (Phi) is 5.54. The molecule has 2 aromatic carbocycles. The highest BCUT2D eigenvalue weighted by Gasteiger charge is 2.17. The van der Waals surface area contributed by atoms with Crippen LogP contribution in [-0.4, -0.2) is 37.7 Å². The first kappa shape index (κ1) is 20.1. The molecule has 6 nitrogen and oxygen atoms in total. The van der Waals surface area contributed by atoms with E-state index in [2.05, 4.69) is 10.3 Å². The lowest BCUT2D eigenvalue weighted by Crippen LogP contribution is -2.22. The summed E-state index contributed by atoms with van der Waals surface area (Å²) >= 11 is 1.15. The summed E-state index contributed by atoms with van der Waals surface area (Å²) in [5.74, 6) is -2.76. The van der Waals surface area contributed by atoms with Crippen molar-refractivity contribution in [2.24, 2.45) is 0 Å². The summed E-state index contributed by atoms with van der Waals surface area (Å²) in [5, 5.41) is 4.49. The average molecular weight is 423 g/mol. The predicted molar refractivity (Wildman–Crippen MR) is 103 cm³/mol. The zero-order valence-corrected chi connectivity index (χ0v) is 16.4. The maximum Gasteiger partial charge on any atom is 0.257 e. The first-order valence-corrected chi connectivity index (χ1v) is 10.3. The third-order valence-corrected chi connectivity index (χ3v) is 6.42. The second-order valence-corrected chi connectivity index (χ2v) is 8.94. The van der Waals surface area contributed by atoms with Gasteiger partial charge in [0.2, 0.25) is 10.0 Å². The van der Waals surface area contributed by atoms with Crippen molar-refractivity contribution >= 4 is 32.4 Å².